The van der Waals surface area contributed by atoms with E-state index < -0.39 is 0 Å². The van der Waals surface area contributed by atoms with E-state index in [0.717, 1.165) is 5.69 Å². The minimum Gasteiger partial charge on any atom is -0.450 e. The number of hydrogen-bond acceptors (Lipinski definition) is 4. The molecule has 0 radical (unpaired) electrons. The van der Waals surface area contributed by atoms with Gasteiger partial charge in [-0.1, -0.05) is 18.5 Å². The van der Waals surface area contributed by atoms with Crippen LogP contribution in [-0.2, 0) is 11.2 Å². The van der Waals surface area contributed by atoms with Crippen LogP contribution in [0.5, 0.6) is 0 Å². The van der Waals surface area contributed by atoms with Gasteiger partial charge in [0, 0.05) is 43.5 Å². The maximum absolute atomic E-state index is 13.0. The number of aryl methyl sites for hydroxylation is 1. The molecule has 3 rings (SSSR count). The van der Waals surface area contributed by atoms with E-state index in [2.05, 4.69) is 4.98 Å². The maximum atomic E-state index is 13.0. The minimum atomic E-state index is -0.326. The average molecular weight is 365 g/mol. The molecule has 3 heterocycles. The second-order valence-corrected chi connectivity index (χ2v) is 6.25. The summed E-state index contributed by atoms with van der Waals surface area (Å²) in [6.45, 7) is 5.98. The molecule has 1 fully saturated rings. The van der Waals surface area contributed by atoms with Crippen LogP contribution in [0.4, 0.5) is 4.79 Å². The van der Waals surface area contributed by atoms with Crippen molar-refractivity contribution in [1.29, 1.82) is 0 Å². The SMILES string of the molecule is CCOC(=O)N1CCN(C(=O)c2c(CC)nc3cc(Cl)ccn23)CC1. The lowest BCUT2D eigenvalue weighted by Gasteiger charge is -2.34. The number of carbonyl (C=O) groups is 2. The fourth-order valence-corrected chi connectivity index (χ4v) is 3.15. The molecular weight excluding hydrogens is 344 g/mol. The van der Waals surface area contributed by atoms with Gasteiger partial charge in [-0.25, -0.2) is 9.78 Å². The summed E-state index contributed by atoms with van der Waals surface area (Å²) in [6, 6.07) is 3.49. The Labute approximate surface area is 151 Å². The van der Waals surface area contributed by atoms with Gasteiger partial charge in [0.15, 0.2) is 0 Å². The molecule has 25 heavy (non-hydrogen) atoms. The predicted molar refractivity (Wildman–Crippen MR) is 94.1 cm³/mol. The number of hydrogen-bond donors (Lipinski definition) is 0. The Hall–Kier alpha value is -2.28. The first kappa shape index (κ1) is 17.5. The summed E-state index contributed by atoms with van der Waals surface area (Å²) in [6.07, 6.45) is 2.10. The zero-order valence-corrected chi connectivity index (χ0v) is 15.1. The van der Waals surface area contributed by atoms with Gasteiger partial charge in [-0.2, -0.15) is 0 Å². The monoisotopic (exact) mass is 364 g/mol. The number of nitrogens with zero attached hydrogens (tertiary/aromatic N) is 4. The standard InChI is InChI=1S/C17H21ClN4O3/c1-3-13-15(22-6-5-12(18)11-14(22)19-13)16(23)20-7-9-21(10-8-20)17(24)25-4-2/h5-6,11H,3-4,7-10H2,1-2H3. The molecule has 0 aromatic carbocycles. The molecule has 0 N–H and O–H groups in total. The number of amides is 2. The van der Waals surface area contributed by atoms with Gasteiger partial charge >= 0.3 is 6.09 Å². The van der Waals surface area contributed by atoms with Gasteiger partial charge in [-0.15, -0.1) is 0 Å². The third-order valence-corrected chi connectivity index (χ3v) is 4.53. The maximum Gasteiger partial charge on any atom is 0.409 e. The highest BCUT2D eigenvalue weighted by Crippen LogP contribution is 2.20. The molecule has 0 aliphatic carbocycles. The van der Waals surface area contributed by atoms with E-state index in [1.54, 1.807) is 39.5 Å². The number of imidazole rings is 1. The first-order valence-electron chi connectivity index (χ1n) is 8.42. The molecule has 0 atom stereocenters. The summed E-state index contributed by atoms with van der Waals surface area (Å²) >= 11 is 6.03. The molecule has 2 amide bonds. The molecular formula is C17H21ClN4O3. The van der Waals surface area contributed by atoms with Crippen molar-refractivity contribution in [2.24, 2.45) is 0 Å². The van der Waals surface area contributed by atoms with Crippen LogP contribution in [-0.4, -0.2) is 64.0 Å². The van der Waals surface area contributed by atoms with E-state index in [1.165, 1.54) is 0 Å². The van der Waals surface area contributed by atoms with Crippen LogP contribution in [0.2, 0.25) is 5.02 Å². The molecule has 1 aliphatic rings. The third-order valence-electron chi connectivity index (χ3n) is 4.29. The smallest absolute Gasteiger partial charge is 0.409 e. The summed E-state index contributed by atoms with van der Waals surface area (Å²) < 4.78 is 6.79. The Balaban J connectivity index is 1.80. The number of pyridine rings is 1. The fourth-order valence-electron chi connectivity index (χ4n) is 3.00. The van der Waals surface area contributed by atoms with Crippen molar-refractivity contribution in [2.45, 2.75) is 20.3 Å². The fraction of sp³-hybridized carbons (Fsp3) is 0.471. The highest BCUT2D eigenvalue weighted by molar-refractivity contribution is 6.30. The molecule has 8 heteroatoms. The second-order valence-electron chi connectivity index (χ2n) is 5.81. The van der Waals surface area contributed by atoms with Gasteiger partial charge in [0.05, 0.1) is 12.3 Å². The quantitative estimate of drug-likeness (QED) is 0.839. The number of aromatic nitrogens is 2. The van der Waals surface area contributed by atoms with Crippen LogP contribution in [0.3, 0.4) is 0 Å². The number of fused-ring (bicyclic) bond motifs is 1. The van der Waals surface area contributed by atoms with E-state index in [0.29, 0.717) is 55.6 Å². The summed E-state index contributed by atoms with van der Waals surface area (Å²) in [5.41, 5.74) is 1.98. The molecule has 134 valence electrons. The molecule has 0 saturated carbocycles. The van der Waals surface area contributed by atoms with E-state index >= 15 is 0 Å². The van der Waals surface area contributed by atoms with Crippen molar-refractivity contribution >= 4 is 29.2 Å². The number of ether oxygens (including phenoxy) is 1. The van der Waals surface area contributed by atoms with Crippen LogP contribution < -0.4 is 0 Å². The normalized spacial score (nSPS) is 14.8. The highest BCUT2D eigenvalue weighted by atomic mass is 35.5. The predicted octanol–water partition coefficient (Wildman–Crippen LogP) is 2.46. The Bertz CT molecular complexity index is 797. The van der Waals surface area contributed by atoms with Crippen molar-refractivity contribution in [3.05, 3.63) is 34.7 Å². The lowest BCUT2D eigenvalue weighted by molar-refractivity contribution is 0.0564. The highest BCUT2D eigenvalue weighted by Gasteiger charge is 2.28. The van der Waals surface area contributed by atoms with Gasteiger partial charge in [0.2, 0.25) is 0 Å². The summed E-state index contributed by atoms with van der Waals surface area (Å²) in [4.78, 5) is 32.7. The van der Waals surface area contributed by atoms with Gasteiger partial charge < -0.3 is 14.5 Å². The molecule has 0 spiro atoms. The van der Waals surface area contributed by atoms with E-state index in [4.69, 9.17) is 16.3 Å². The molecule has 1 aliphatic heterocycles. The van der Waals surface area contributed by atoms with Crippen molar-refractivity contribution in [3.8, 4) is 0 Å². The Kier molecular flexibility index (Phi) is 5.13. The van der Waals surface area contributed by atoms with Crippen LogP contribution in [0, 0.1) is 0 Å². The number of piperazine rings is 1. The molecule has 0 bridgehead atoms. The van der Waals surface area contributed by atoms with E-state index in [-0.39, 0.29) is 12.0 Å². The van der Waals surface area contributed by atoms with Gasteiger partial charge in [-0.05, 0) is 19.4 Å². The summed E-state index contributed by atoms with van der Waals surface area (Å²) in [5.74, 6) is -0.0739. The topological polar surface area (TPSA) is 67.2 Å². The van der Waals surface area contributed by atoms with Crippen molar-refractivity contribution in [1.82, 2.24) is 19.2 Å². The first-order chi connectivity index (χ1) is 12.0. The average Bonchev–Trinajstić information content (AvgIpc) is 2.99. The molecule has 1 saturated heterocycles. The Morgan fingerprint density at radius 3 is 2.52 bits per heavy atom. The first-order valence-corrected chi connectivity index (χ1v) is 8.80. The van der Waals surface area contributed by atoms with Crippen LogP contribution in [0.1, 0.15) is 30.0 Å². The number of halogens is 1. The third kappa shape index (κ3) is 3.42. The lowest BCUT2D eigenvalue weighted by atomic mass is 10.2. The summed E-state index contributed by atoms with van der Waals surface area (Å²) in [7, 11) is 0. The van der Waals surface area contributed by atoms with Crippen molar-refractivity contribution in [3.63, 3.8) is 0 Å². The van der Waals surface area contributed by atoms with E-state index in [1.807, 2.05) is 6.92 Å². The van der Waals surface area contributed by atoms with Crippen LogP contribution in [0.15, 0.2) is 18.3 Å². The van der Waals surface area contributed by atoms with Gasteiger partial charge in [0.1, 0.15) is 11.3 Å². The van der Waals surface area contributed by atoms with Gasteiger partial charge in [-0.3, -0.25) is 9.20 Å². The van der Waals surface area contributed by atoms with E-state index in [9.17, 15) is 9.59 Å². The number of rotatable bonds is 3. The molecule has 2 aromatic rings. The van der Waals surface area contributed by atoms with Crippen molar-refractivity contribution in [2.75, 3.05) is 32.8 Å². The summed E-state index contributed by atoms with van der Waals surface area (Å²) in [5, 5.41) is 0.585. The molecule has 7 nitrogen and oxygen atoms in total. The molecule has 0 unspecified atom stereocenters. The zero-order chi connectivity index (χ0) is 18.0. The van der Waals surface area contributed by atoms with Crippen molar-refractivity contribution < 1.29 is 14.3 Å². The largest absolute Gasteiger partial charge is 0.450 e. The Morgan fingerprint density at radius 1 is 1.20 bits per heavy atom. The zero-order valence-electron chi connectivity index (χ0n) is 14.4. The van der Waals surface area contributed by atoms with Crippen LogP contribution >= 0.6 is 11.6 Å². The Morgan fingerprint density at radius 2 is 1.88 bits per heavy atom. The molecule has 2 aromatic heterocycles. The minimum absolute atomic E-state index is 0.0739. The lowest BCUT2D eigenvalue weighted by Crippen LogP contribution is -2.51. The van der Waals surface area contributed by atoms with Crippen LogP contribution in [0.25, 0.3) is 5.65 Å². The second kappa shape index (κ2) is 7.31. The van der Waals surface area contributed by atoms with Gasteiger partial charge in [0.25, 0.3) is 5.91 Å². The number of carbonyl (C=O) groups excluding carboxylic acids is 2.